The lowest BCUT2D eigenvalue weighted by atomic mass is 10.2. The molecule has 1 aliphatic rings. The number of hydrogen-bond acceptors (Lipinski definition) is 6. The molecule has 1 aromatic heterocycles. The number of carbonyl (C=O) groups is 1. The molecule has 1 aromatic carbocycles. The predicted octanol–water partition coefficient (Wildman–Crippen LogP) is 1.55. The first kappa shape index (κ1) is 18.0. The number of nitrogens with one attached hydrogen (secondary N) is 2. The van der Waals surface area contributed by atoms with Crippen molar-refractivity contribution in [2.75, 3.05) is 6.54 Å². The highest BCUT2D eigenvalue weighted by Gasteiger charge is 2.28. The average Bonchev–Trinajstić information content (AvgIpc) is 3.26. The van der Waals surface area contributed by atoms with Gasteiger partial charge < -0.3 is 9.84 Å². The Labute approximate surface area is 153 Å². The zero-order chi connectivity index (χ0) is 18.0. The molecule has 25 heavy (non-hydrogen) atoms. The van der Waals surface area contributed by atoms with Gasteiger partial charge in [-0.3, -0.25) is 4.79 Å². The third-order valence-electron chi connectivity index (χ3n) is 3.59. The van der Waals surface area contributed by atoms with Crippen LogP contribution < -0.4 is 10.0 Å². The average molecular weight is 429 g/mol. The summed E-state index contributed by atoms with van der Waals surface area (Å²) in [4.78, 5) is 16.5. The van der Waals surface area contributed by atoms with Crippen LogP contribution in [0.5, 0.6) is 0 Å². The number of carbonyl (C=O) groups excluding carboxylic acids is 1. The first-order valence-electron chi connectivity index (χ1n) is 7.74. The maximum atomic E-state index is 12.4. The number of hydrogen-bond donors (Lipinski definition) is 2. The van der Waals surface area contributed by atoms with Gasteiger partial charge in [0.15, 0.2) is 5.82 Å². The molecule has 0 atom stereocenters. The van der Waals surface area contributed by atoms with Gasteiger partial charge in [0.25, 0.3) is 5.91 Å². The fourth-order valence-corrected chi connectivity index (χ4v) is 3.91. The molecule has 2 aromatic rings. The molecule has 8 nitrogen and oxygen atoms in total. The molecule has 134 valence electrons. The van der Waals surface area contributed by atoms with E-state index in [-0.39, 0.29) is 22.4 Å². The molecule has 0 aliphatic heterocycles. The molecule has 1 saturated carbocycles. The van der Waals surface area contributed by atoms with Crippen molar-refractivity contribution < 1.29 is 17.7 Å². The Morgan fingerprint density at radius 3 is 2.80 bits per heavy atom. The fourth-order valence-electron chi connectivity index (χ4n) is 2.15. The first-order chi connectivity index (χ1) is 11.8. The summed E-state index contributed by atoms with van der Waals surface area (Å²) in [6, 6.07) is 4.38. The van der Waals surface area contributed by atoms with Gasteiger partial charge in [-0.2, -0.15) is 4.98 Å². The Kier molecular flexibility index (Phi) is 5.21. The molecular weight excluding hydrogens is 412 g/mol. The highest BCUT2D eigenvalue weighted by Crippen LogP contribution is 2.25. The molecule has 0 radical (unpaired) electrons. The molecule has 10 heteroatoms. The van der Waals surface area contributed by atoms with Crippen molar-refractivity contribution in [3.63, 3.8) is 0 Å². The van der Waals surface area contributed by atoms with Gasteiger partial charge in [-0.15, -0.1) is 0 Å². The molecule has 1 amide bonds. The van der Waals surface area contributed by atoms with Crippen molar-refractivity contribution in [3.05, 3.63) is 40.0 Å². The maximum Gasteiger partial charge on any atom is 0.252 e. The third kappa shape index (κ3) is 4.65. The van der Waals surface area contributed by atoms with Crippen LogP contribution >= 0.6 is 15.9 Å². The summed E-state index contributed by atoms with van der Waals surface area (Å²) in [6.45, 7) is 2.01. The highest BCUT2D eigenvalue weighted by molar-refractivity contribution is 9.10. The quantitative estimate of drug-likeness (QED) is 0.691. The van der Waals surface area contributed by atoms with Crippen molar-refractivity contribution in [2.45, 2.75) is 37.1 Å². The third-order valence-corrected chi connectivity index (χ3v) is 5.80. The summed E-state index contributed by atoms with van der Waals surface area (Å²) >= 11 is 3.28. The number of aryl methyl sites for hydroxylation is 1. The Morgan fingerprint density at radius 2 is 2.16 bits per heavy atom. The Hall–Kier alpha value is -1.78. The monoisotopic (exact) mass is 428 g/mol. The lowest BCUT2D eigenvalue weighted by Gasteiger charge is -2.10. The molecule has 2 N–H and O–H groups in total. The smallest absolute Gasteiger partial charge is 0.252 e. The van der Waals surface area contributed by atoms with Crippen molar-refractivity contribution >= 4 is 31.9 Å². The number of benzene rings is 1. The van der Waals surface area contributed by atoms with Gasteiger partial charge in [-0.05, 0) is 53.9 Å². The molecule has 0 spiro atoms. The molecule has 3 rings (SSSR count). The van der Waals surface area contributed by atoms with Crippen LogP contribution in [0.1, 0.15) is 34.9 Å². The topological polar surface area (TPSA) is 114 Å². The minimum atomic E-state index is -3.61. The van der Waals surface area contributed by atoms with E-state index in [1.807, 2.05) is 0 Å². The number of nitrogens with zero attached hydrogens (tertiary/aromatic N) is 2. The van der Waals surface area contributed by atoms with E-state index in [0.717, 1.165) is 12.8 Å². The van der Waals surface area contributed by atoms with Gasteiger partial charge in [-0.1, -0.05) is 5.16 Å². The van der Waals surface area contributed by atoms with Gasteiger partial charge in [0.05, 0.1) is 10.5 Å². The minimum Gasteiger partial charge on any atom is -0.351 e. The number of amides is 1. The number of halogens is 1. The number of rotatable bonds is 7. The van der Waals surface area contributed by atoms with Gasteiger partial charge in [0.1, 0.15) is 0 Å². The van der Waals surface area contributed by atoms with Crippen LogP contribution in [0.15, 0.2) is 32.1 Å². The second-order valence-corrected chi connectivity index (χ2v) is 8.35. The van der Waals surface area contributed by atoms with Crippen LogP contribution in [0.2, 0.25) is 0 Å². The molecule has 0 unspecified atom stereocenters. The summed E-state index contributed by atoms with van der Waals surface area (Å²) in [6.07, 6.45) is 2.09. The lowest BCUT2D eigenvalue weighted by molar-refractivity contribution is 0.0952. The molecular formula is C15H17BrN4O4S. The van der Waals surface area contributed by atoms with Crippen LogP contribution in [0.4, 0.5) is 0 Å². The van der Waals surface area contributed by atoms with E-state index in [9.17, 15) is 13.2 Å². The van der Waals surface area contributed by atoms with E-state index in [2.05, 4.69) is 36.1 Å². The van der Waals surface area contributed by atoms with Gasteiger partial charge >= 0.3 is 0 Å². The zero-order valence-corrected chi connectivity index (χ0v) is 15.9. The molecule has 1 aliphatic carbocycles. The largest absolute Gasteiger partial charge is 0.351 e. The van der Waals surface area contributed by atoms with E-state index in [0.29, 0.717) is 29.2 Å². The second-order valence-electron chi connectivity index (χ2n) is 5.78. The van der Waals surface area contributed by atoms with Gasteiger partial charge in [0.2, 0.25) is 15.9 Å². The van der Waals surface area contributed by atoms with Crippen molar-refractivity contribution in [3.8, 4) is 0 Å². The van der Waals surface area contributed by atoms with E-state index in [4.69, 9.17) is 4.52 Å². The SMILES string of the molecule is Cc1noc(CCNC(=O)c2cc(S(=O)(=O)NC3CC3)ccc2Br)n1. The standard InChI is InChI=1S/C15H17BrN4O4S/c1-9-18-14(24-19-9)6-7-17-15(21)12-8-11(4-5-13(12)16)25(22,23)20-10-2-3-10/h4-5,8,10,20H,2-3,6-7H2,1H3,(H,17,21). The molecule has 0 saturated heterocycles. The van der Waals surface area contributed by atoms with Gasteiger partial charge in [-0.25, -0.2) is 13.1 Å². The van der Waals surface area contributed by atoms with Crippen LogP contribution in [0, 0.1) is 6.92 Å². The fraction of sp³-hybridized carbons (Fsp3) is 0.400. The Morgan fingerprint density at radius 1 is 1.40 bits per heavy atom. The van der Waals surface area contributed by atoms with Crippen molar-refractivity contribution in [2.24, 2.45) is 0 Å². The normalized spacial score (nSPS) is 14.5. The van der Waals surface area contributed by atoms with Crippen LogP contribution in [-0.2, 0) is 16.4 Å². The summed E-state index contributed by atoms with van der Waals surface area (Å²) in [5.74, 6) is 0.582. The Balaban J connectivity index is 1.67. The second kappa shape index (κ2) is 7.22. The predicted molar refractivity (Wildman–Crippen MR) is 92.6 cm³/mol. The van der Waals surface area contributed by atoms with Crippen LogP contribution in [0.25, 0.3) is 0 Å². The van der Waals surface area contributed by atoms with Crippen molar-refractivity contribution in [1.82, 2.24) is 20.2 Å². The number of aromatic nitrogens is 2. The Bertz CT molecular complexity index is 893. The first-order valence-corrected chi connectivity index (χ1v) is 10.0. The minimum absolute atomic E-state index is 0.00351. The molecule has 0 bridgehead atoms. The van der Waals surface area contributed by atoms with E-state index in [1.165, 1.54) is 12.1 Å². The van der Waals surface area contributed by atoms with E-state index < -0.39 is 10.0 Å². The molecule has 1 fully saturated rings. The summed E-state index contributed by atoms with van der Waals surface area (Å²) in [5, 5.41) is 6.39. The maximum absolute atomic E-state index is 12.4. The number of sulfonamides is 1. The van der Waals surface area contributed by atoms with Crippen LogP contribution in [0.3, 0.4) is 0 Å². The van der Waals surface area contributed by atoms with Gasteiger partial charge in [0, 0.05) is 23.5 Å². The van der Waals surface area contributed by atoms with Crippen molar-refractivity contribution in [1.29, 1.82) is 0 Å². The summed E-state index contributed by atoms with van der Waals surface area (Å²) < 4.78 is 32.7. The van der Waals surface area contributed by atoms with E-state index in [1.54, 1.807) is 13.0 Å². The summed E-state index contributed by atoms with van der Waals surface area (Å²) in [5.41, 5.74) is 0.250. The highest BCUT2D eigenvalue weighted by atomic mass is 79.9. The molecule has 1 heterocycles. The van der Waals surface area contributed by atoms with Crippen LogP contribution in [-0.4, -0.2) is 37.1 Å². The zero-order valence-electron chi connectivity index (χ0n) is 13.5. The van der Waals surface area contributed by atoms with E-state index >= 15 is 0 Å². The lowest BCUT2D eigenvalue weighted by Crippen LogP contribution is -2.28. The summed E-state index contributed by atoms with van der Waals surface area (Å²) in [7, 11) is -3.61.